The van der Waals surface area contributed by atoms with E-state index in [1.54, 1.807) is 0 Å². The lowest BCUT2D eigenvalue weighted by molar-refractivity contribution is -0.137. The van der Waals surface area contributed by atoms with Crippen LogP contribution < -0.4 is 0 Å². The van der Waals surface area contributed by atoms with Crippen molar-refractivity contribution in [1.29, 1.82) is 0 Å². The molecule has 116 valence electrons. The zero-order valence-electron chi connectivity index (χ0n) is 12.7. The van der Waals surface area contributed by atoms with Gasteiger partial charge in [0, 0.05) is 22.5 Å². The Bertz CT molecular complexity index is 679. The van der Waals surface area contributed by atoms with Crippen molar-refractivity contribution in [2.75, 3.05) is 20.0 Å². The van der Waals surface area contributed by atoms with Crippen LogP contribution in [0.25, 0.3) is 5.69 Å². The van der Waals surface area contributed by atoms with Crippen LogP contribution in [0.2, 0.25) is 0 Å². The highest BCUT2D eigenvalue weighted by Gasteiger charge is 2.21. The van der Waals surface area contributed by atoms with Crippen molar-refractivity contribution in [3.05, 3.63) is 47.8 Å². The minimum absolute atomic E-state index is 0.138. The molecule has 0 radical (unpaired) electrons. The predicted molar refractivity (Wildman–Crippen MR) is 84.6 cm³/mol. The average molecular weight is 319 g/mol. The number of rotatable bonds is 5. The van der Waals surface area contributed by atoms with E-state index < -0.39 is 5.97 Å². The van der Waals surface area contributed by atoms with E-state index in [4.69, 9.17) is 4.74 Å². The summed E-state index contributed by atoms with van der Waals surface area (Å²) in [5.41, 5.74) is 2.18. The summed E-state index contributed by atoms with van der Waals surface area (Å²) in [5.74, 6) is -0.621. The third-order valence-corrected chi connectivity index (χ3v) is 4.21. The number of esters is 2. The van der Waals surface area contributed by atoms with Crippen LogP contribution in [0.15, 0.2) is 41.4 Å². The summed E-state index contributed by atoms with van der Waals surface area (Å²) in [6.07, 6.45) is 1.84. The Morgan fingerprint density at radius 3 is 2.41 bits per heavy atom. The van der Waals surface area contributed by atoms with Gasteiger partial charge in [-0.15, -0.1) is 11.8 Å². The second-order valence-corrected chi connectivity index (χ2v) is 5.53. The lowest BCUT2D eigenvalue weighted by Crippen LogP contribution is -2.06. The topological polar surface area (TPSA) is 57.5 Å². The van der Waals surface area contributed by atoms with Gasteiger partial charge in [0.25, 0.3) is 0 Å². The van der Waals surface area contributed by atoms with Gasteiger partial charge in [0.1, 0.15) is 0 Å². The third kappa shape index (κ3) is 3.33. The van der Waals surface area contributed by atoms with E-state index >= 15 is 0 Å². The molecule has 0 fully saturated rings. The van der Waals surface area contributed by atoms with Crippen molar-refractivity contribution in [3.8, 4) is 5.69 Å². The monoisotopic (exact) mass is 319 g/mol. The second-order valence-electron chi connectivity index (χ2n) is 4.52. The van der Waals surface area contributed by atoms with E-state index in [-0.39, 0.29) is 11.7 Å². The highest BCUT2D eigenvalue weighted by Crippen LogP contribution is 2.30. The van der Waals surface area contributed by atoms with E-state index in [0.717, 1.165) is 11.4 Å². The molecule has 0 unspecified atom stereocenters. The Labute approximate surface area is 133 Å². The number of benzene rings is 1. The Morgan fingerprint density at radius 2 is 1.82 bits per heavy atom. The van der Waals surface area contributed by atoms with E-state index in [1.165, 1.54) is 26.0 Å². The average Bonchev–Trinajstić information content (AvgIpc) is 2.89. The van der Waals surface area contributed by atoms with Gasteiger partial charge >= 0.3 is 11.9 Å². The standard InChI is InChI=1S/C16H17NO4S/c1-11-15(16(19)21-3)13(22-10-14(18)20-2)9-17(11)12-7-5-4-6-8-12/h4-9H,10H2,1-3H3. The van der Waals surface area contributed by atoms with Gasteiger partial charge in [-0.3, -0.25) is 4.79 Å². The number of aromatic nitrogens is 1. The molecule has 2 rings (SSSR count). The van der Waals surface area contributed by atoms with Crippen molar-refractivity contribution < 1.29 is 19.1 Å². The van der Waals surface area contributed by atoms with Gasteiger partial charge < -0.3 is 14.0 Å². The van der Waals surface area contributed by atoms with E-state index in [9.17, 15) is 9.59 Å². The van der Waals surface area contributed by atoms with Crippen molar-refractivity contribution in [2.24, 2.45) is 0 Å². The number of ether oxygens (including phenoxy) is 2. The van der Waals surface area contributed by atoms with Crippen LogP contribution in [-0.2, 0) is 14.3 Å². The smallest absolute Gasteiger partial charge is 0.340 e. The predicted octanol–water partition coefficient (Wildman–Crippen LogP) is 2.84. The van der Waals surface area contributed by atoms with Crippen LogP contribution in [0.4, 0.5) is 0 Å². The molecule has 0 aliphatic rings. The van der Waals surface area contributed by atoms with Crippen LogP contribution in [-0.4, -0.2) is 36.5 Å². The summed E-state index contributed by atoms with van der Waals surface area (Å²) in [7, 11) is 2.68. The molecule has 0 aliphatic carbocycles. The summed E-state index contributed by atoms with van der Waals surface area (Å²) in [6.45, 7) is 1.85. The van der Waals surface area contributed by atoms with Crippen molar-refractivity contribution in [2.45, 2.75) is 11.8 Å². The first-order chi connectivity index (χ1) is 10.6. The number of hydrogen-bond acceptors (Lipinski definition) is 5. The molecule has 0 amide bonds. The maximum Gasteiger partial charge on any atom is 0.340 e. The summed E-state index contributed by atoms with van der Waals surface area (Å²) >= 11 is 1.26. The van der Waals surface area contributed by atoms with Crippen molar-refractivity contribution in [3.63, 3.8) is 0 Å². The van der Waals surface area contributed by atoms with Crippen molar-refractivity contribution >= 4 is 23.7 Å². The first-order valence-corrected chi connectivity index (χ1v) is 7.62. The van der Waals surface area contributed by atoms with E-state index in [1.807, 2.05) is 48.0 Å². The molecule has 1 aromatic carbocycles. The first kappa shape index (κ1) is 16.2. The normalized spacial score (nSPS) is 10.3. The number of hydrogen-bond donors (Lipinski definition) is 0. The van der Waals surface area contributed by atoms with Gasteiger partial charge in [0.2, 0.25) is 0 Å². The fraction of sp³-hybridized carbons (Fsp3) is 0.250. The zero-order valence-corrected chi connectivity index (χ0v) is 13.5. The molecule has 0 N–H and O–H groups in total. The Kier molecular flexibility index (Phi) is 5.27. The lowest BCUT2D eigenvalue weighted by atomic mass is 10.2. The van der Waals surface area contributed by atoms with Crippen LogP contribution in [0.5, 0.6) is 0 Å². The molecule has 22 heavy (non-hydrogen) atoms. The molecule has 1 aromatic heterocycles. The highest BCUT2D eigenvalue weighted by atomic mass is 32.2. The number of carbonyl (C=O) groups excluding carboxylic acids is 2. The fourth-order valence-electron chi connectivity index (χ4n) is 2.09. The highest BCUT2D eigenvalue weighted by molar-refractivity contribution is 8.00. The molecule has 0 saturated heterocycles. The van der Waals surface area contributed by atoms with E-state index in [2.05, 4.69) is 4.74 Å². The molecule has 0 spiro atoms. The largest absolute Gasteiger partial charge is 0.468 e. The molecule has 2 aromatic rings. The van der Waals surface area contributed by atoms with Gasteiger partial charge in [-0.05, 0) is 19.1 Å². The molecule has 0 aliphatic heterocycles. The van der Waals surface area contributed by atoms with Gasteiger partial charge in [-0.1, -0.05) is 18.2 Å². The van der Waals surface area contributed by atoms with Gasteiger partial charge in [-0.2, -0.15) is 0 Å². The van der Waals surface area contributed by atoms with Crippen LogP contribution in [0.3, 0.4) is 0 Å². The maximum absolute atomic E-state index is 12.0. The Hall–Kier alpha value is -2.21. The molecule has 5 nitrogen and oxygen atoms in total. The summed E-state index contributed by atoms with van der Waals surface area (Å²) in [4.78, 5) is 24.1. The number of para-hydroxylation sites is 1. The van der Waals surface area contributed by atoms with Crippen LogP contribution in [0, 0.1) is 6.92 Å². The number of methoxy groups -OCH3 is 2. The van der Waals surface area contributed by atoms with Crippen LogP contribution >= 0.6 is 11.8 Å². The van der Waals surface area contributed by atoms with Gasteiger partial charge in [0.05, 0.1) is 25.5 Å². The molecular weight excluding hydrogens is 302 g/mol. The van der Waals surface area contributed by atoms with Crippen molar-refractivity contribution in [1.82, 2.24) is 4.57 Å². The Balaban J connectivity index is 2.43. The molecule has 0 atom stereocenters. The third-order valence-electron chi connectivity index (χ3n) is 3.21. The number of carbonyl (C=O) groups is 2. The minimum atomic E-state index is -0.417. The van der Waals surface area contributed by atoms with Gasteiger partial charge in [0.15, 0.2) is 0 Å². The van der Waals surface area contributed by atoms with E-state index in [0.29, 0.717) is 10.5 Å². The Morgan fingerprint density at radius 1 is 1.14 bits per heavy atom. The summed E-state index contributed by atoms with van der Waals surface area (Å²) in [6, 6.07) is 9.67. The maximum atomic E-state index is 12.0. The summed E-state index contributed by atoms with van der Waals surface area (Å²) < 4.78 is 11.4. The second kappa shape index (κ2) is 7.17. The minimum Gasteiger partial charge on any atom is -0.468 e. The fourth-order valence-corrected chi connectivity index (χ4v) is 3.04. The molecule has 0 saturated carbocycles. The van der Waals surface area contributed by atoms with Crippen LogP contribution in [0.1, 0.15) is 16.1 Å². The quantitative estimate of drug-likeness (QED) is 0.626. The number of nitrogens with zero attached hydrogens (tertiary/aromatic N) is 1. The number of thioether (sulfide) groups is 1. The molecule has 1 heterocycles. The SMILES string of the molecule is COC(=O)CSc1cn(-c2ccccc2)c(C)c1C(=O)OC. The molecule has 0 bridgehead atoms. The summed E-state index contributed by atoms with van der Waals surface area (Å²) in [5, 5.41) is 0. The van der Waals surface area contributed by atoms with Gasteiger partial charge in [-0.25, -0.2) is 4.79 Å². The zero-order chi connectivity index (χ0) is 16.1. The lowest BCUT2D eigenvalue weighted by Gasteiger charge is -2.06. The molecule has 6 heteroatoms. The first-order valence-electron chi connectivity index (χ1n) is 6.63. The molecular formula is C16H17NO4S.